The third-order valence-corrected chi connectivity index (χ3v) is 2.56. The quantitative estimate of drug-likeness (QED) is 0.816. The van der Waals surface area contributed by atoms with Crippen LogP contribution in [0.15, 0.2) is 36.5 Å². The van der Waals surface area contributed by atoms with Crippen LogP contribution in [0.1, 0.15) is 6.42 Å². The predicted molar refractivity (Wildman–Crippen MR) is 66.9 cm³/mol. The number of hydrogen-bond donors (Lipinski definition) is 2. The SMILES string of the molecule is NC(CCO)COc1cccc2ncccc12. The van der Waals surface area contributed by atoms with E-state index < -0.39 is 0 Å². The molecule has 1 aromatic carbocycles. The molecule has 0 spiro atoms. The Hall–Kier alpha value is -1.65. The Morgan fingerprint density at radius 3 is 3.00 bits per heavy atom. The Labute approximate surface area is 100 Å². The van der Waals surface area contributed by atoms with Gasteiger partial charge in [0.25, 0.3) is 0 Å². The van der Waals surface area contributed by atoms with Crippen molar-refractivity contribution in [2.75, 3.05) is 13.2 Å². The molecule has 3 N–H and O–H groups in total. The summed E-state index contributed by atoms with van der Waals surface area (Å²) in [5.41, 5.74) is 6.68. The molecule has 4 nitrogen and oxygen atoms in total. The van der Waals surface area contributed by atoms with Crippen LogP contribution < -0.4 is 10.5 Å². The zero-order valence-corrected chi connectivity index (χ0v) is 9.54. The molecule has 0 saturated heterocycles. The van der Waals surface area contributed by atoms with Gasteiger partial charge in [0.1, 0.15) is 12.4 Å². The maximum absolute atomic E-state index is 8.76. The zero-order valence-electron chi connectivity index (χ0n) is 9.54. The minimum absolute atomic E-state index is 0.0849. The van der Waals surface area contributed by atoms with E-state index in [0.717, 1.165) is 16.7 Å². The largest absolute Gasteiger partial charge is 0.491 e. The summed E-state index contributed by atoms with van der Waals surface area (Å²) in [6.45, 7) is 0.482. The first-order chi connectivity index (χ1) is 8.31. The molecule has 0 bridgehead atoms. The van der Waals surface area contributed by atoms with E-state index in [1.54, 1.807) is 6.20 Å². The summed E-state index contributed by atoms with van der Waals surface area (Å²) in [6.07, 6.45) is 2.30. The zero-order chi connectivity index (χ0) is 12.1. The number of aromatic nitrogens is 1. The second-order valence-corrected chi connectivity index (χ2v) is 3.91. The second kappa shape index (κ2) is 5.61. The third kappa shape index (κ3) is 2.93. The van der Waals surface area contributed by atoms with Crippen LogP contribution in [0.5, 0.6) is 5.75 Å². The molecule has 0 radical (unpaired) electrons. The van der Waals surface area contributed by atoms with Crippen molar-refractivity contribution in [3.05, 3.63) is 36.5 Å². The molecule has 0 fully saturated rings. The monoisotopic (exact) mass is 232 g/mol. The maximum atomic E-state index is 8.76. The fraction of sp³-hybridized carbons (Fsp3) is 0.308. The van der Waals surface area contributed by atoms with Crippen molar-refractivity contribution in [3.8, 4) is 5.75 Å². The Kier molecular flexibility index (Phi) is 3.90. The van der Waals surface area contributed by atoms with E-state index in [0.29, 0.717) is 13.0 Å². The molecule has 2 aromatic rings. The number of aliphatic hydroxyl groups is 1. The summed E-state index contributed by atoms with van der Waals surface area (Å²) in [6, 6.07) is 9.44. The van der Waals surface area contributed by atoms with E-state index in [9.17, 15) is 0 Å². The molecule has 0 aliphatic carbocycles. The van der Waals surface area contributed by atoms with Crippen LogP contribution in [0.4, 0.5) is 0 Å². The number of nitrogens with zero attached hydrogens (tertiary/aromatic N) is 1. The molecule has 4 heteroatoms. The van der Waals surface area contributed by atoms with Gasteiger partial charge in [0.05, 0.1) is 5.52 Å². The van der Waals surface area contributed by atoms with E-state index >= 15 is 0 Å². The van der Waals surface area contributed by atoms with E-state index in [2.05, 4.69) is 4.98 Å². The van der Waals surface area contributed by atoms with Gasteiger partial charge in [0.2, 0.25) is 0 Å². The van der Waals surface area contributed by atoms with Gasteiger partial charge in [0.15, 0.2) is 0 Å². The number of fused-ring (bicyclic) bond motifs is 1. The normalized spacial score (nSPS) is 12.6. The van der Waals surface area contributed by atoms with Gasteiger partial charge in [-0.3, -0.25) is 4.98 Å². The molecule has 0 amide bonds. The summed E-state index contributed by atoms with van der Waals surface area (Å²) in [5, 5.41) is 9.74. The highest BCUT2D eigenvalue weighted by Crippen LogP contribution is 2.23. The first-order valence-corrected chi connectivity index (χ1v) is 5.64. The number of benzene rings is 1. The Morgan fingerprint density at radius 1 is 1.29 bits per heavy atom. The first kappa shape index (κ1) is 11.8. The second-order valence-electron chi connectivity index (χ2n) is 3.91. The number of nitrogens with two attached hydrogens (primary N) is 1. The number of aliphatic hydroxyl groups excluding tert-OH is 1. The van der Waals surface area contributed by atoms with Crippen LogP contribution in [0, 0.1) is 0 Å². The molecule has 0 aliphatic rings. The van der Waals surface area contributed by atoms with E-state index in [1.807, 2.05) is 30.3 Å². The van der Waals surface area contributed by atoms with Crippen molar-refractivity contribution >= 4 is 10.9 Å². The summed E-state index contributed by atoms with van der Waals surface area (Å²) >= 11 is 0. The van der Waals surface area contributed by atoms with Crippen LogP contribution in [0.3, 0.4) is 0 Å². The van der Waals surface area contributed by atoms with Crippen LogP contribution in [-0.2, 0) is 0 Å². The van der Waals surface area contributed by atoms with Crippen molar-refractivity contribution in [3.63, 3.8) is 0 Å². The Bertz CT molecular complexity index is 482. The van der Waals surface area contributed by atoms with Crippen LogP contribution in [0.25, 0.3) is 10.9 Å². The van der Waals surface area contributed by atoms with Gasteiger partial charge in [-0.05, 0) is 30.7 Å². The smallest absolute Gasteiger partial charge is 0.128 e. The summed E-state index contributed by atoms with van der Waals surface area (Å²) in [7, 11) is 0. The molecule has 0 aliphatic heterocycles. The molecule has 0 saturated carbocycles. The minimum atomic E-state index is -0.146. The lowest BCUT2D eigenvalue weighted by Crippen LogP contribution is -2.28. The Morgan fingerprint density at radius 2 is 2.18 bits per heavy atom. The lowest BCUT2D eigenvalue weighted by Gasteiger charge is -2.13. The van der Waals surface area contributed by atoms with Crippen LogP contribution in [0.2, 0.25) is 0 Å². The van der Waals surface area contributed by atoms with Gasteiger partial charge < -0.3 is 15.6 Å². The molecular weight excluding hydrogens is 216 g/mol. The van der Waals surface area contributed by atoms with Gasteiger partial charge in [-0.2, -0.15) is 0 Å². The van der Waals surface area contributed by atoms with Crippen LogP contribution >= 0.6 is 0 Å². The van der Waals surface area contributed by atoms with Crippen molar-refractivity contribution < 1.29 is 9.84 Å². The minimum Gasteiger partial charge on any atom is -0.491 e. The molecule has 1 atom stereocenters. The molecule has 1 heterocycles. The van der Waals surface area contributed by atoms with E-state index in [-0.39, 0.29) is 12.6 Å². The van der Waals surface area contributed by atoms with E-state index in [1.165, 1.54) is 0 Å². The van der Waals surface area contributed by atoms with E-state index in [4.69, 9.17) is 15.6 Å². The number of ether oxygens (including phenoxy) is 1. The van der Waals surface area contributed by atoms with Crippen molar-refractivity contribution in [1.29, 1.82) is 0 Å². The molecule has 17 heavy (non-hydrogen) atoms. The van der Waals surface area contributed by atoms with Gasteiger partial charge in [-0.15, -0.1) is 0 Å². The van der Waals surface area contributed by atoms with Crippen molar-refractivity contribution in [2.24, 2.45) is 5.73 Å². The van der Waals surface area contributed by atoms with Crippen LogP contribution in [-0.4, -0.2) is 29.3 Å². The third-order valence-electron chi connectivity index (χ3n) is 2.56. The van der Waals surface area contributed by atoms with Crippen molar-refractivity contribution in [2.45, 2.75) is 12.5 Å². The summed E-state index contributed by atoms with van der Waals surface area (Å²) in [4.78, 5) is 4.25. The summed E-state index contributed by atoms with van der Waals surface area (Å²) in [5.74, 6) is 0.781. The van der Waals surface area contributed by atoms with Gasteiger partial charge in [0, 0.05) is 24.2 Å². The summed E-state index contributed by atoms with van der Waals surface area (Å²) < 4.78 is 5.66. The topological polar surface area (TPSA) is 68.4 Å². The molecule has 1 unspecified atom stereocenters. The lowest BCUT2D eigenvalue weighted by atomic mass is 10.2. The molecular formula is C13H16N2O2. The number of pyridine rings is 1. The van der Waals surface area contributed by atoms with Gasteiger partial charge >= 0.3 is 0 Å². The molecule has 2 rings (SSSR count). The maximum Gasteiger partial charge on any atom is 0.128 e. The first-order valence-electron chi connectivity index (χ1n) is 5.64. The Balaban J connectivity index is 2.13. The molecule has 1 aromatic heterocycles. The average molecular weight is 232 g/mol. The highest BCUT2D eigenvalue weighted by molar-refractivity contribution is 5.84. The number of hydrogen-bond acceptors (Lipinski definition) is 4. The fourth-order valence-electron chi connectivity index (χ4n) is 1.65. The predicted octanol–water partition coefficient (Wildman–Crippen LogP) is 1.32. The average Bonchev–Trinajstić information content (AvgIpc) is 2.36. The standard InChI is InChI=1S/C13H16N2O2/c14-10(6-8-16)9-17-13-5-1-4-12-11(13)3-2-7-15-12/h1-5,7,10,16H,6,8-9,14H2. The van der Waals surface area contributed by atoms with Crippen molar-refractivity contribution in [1.82, 2.24) is 4.98 Å². The lowest BCUT2D eigenvalue weighted by molar-refractivity contribution is 0.235. The van der Waals surface area contributed by atoms with Gasteiger partial charge in [-0.25, -0.2) is 0 Å². The fourth-order valence-corrected chi connectivity index (χ4v) is 1.65. The molecule has 90 valence electrons. The number of rotatable bonds is 5. The highest BCUT2D eigenvalue weighted by atomic mass is 16.5. The van der Waals surface area contributed by atoms with Gasteiger partial charge in [-0.1, -0.05) is 6.07 Å². The highest BCUT2D eigenvalue weighted by Gasteiger charge is 2.05.